The molecule has 1 aliphatic heterocycles. The number of fused-ring (bicyclic) bond motifs is 1. The van der Waals surface area contributed by atoms with Crippen LogP contribution in [0.5, 0.6) is 11.5 Å². The van der Waals surface area contributed by atoms with Crippen molar-refractivity contribution in [3.05, 3.63) is 18.2 Å². The van der Waals surface area contributed by atoms with Crippen LogP contribution in [0.2, 0.25) is 0 Å². The van der Waals surface area contributed by atoms with Gasteiger partial charge >= 0.3 is 0 Å². The number of ether oxygens (including phenoxy) is 2. The van der Waals surface area contributed by atoms with Gasteiger partial charge in [0, 0.05) is 12.6 Å². The molecule has 0 aromatic heterocycles. The van der Waals surface area contributed by atoms with Gasteiger partial charge in [0.2, 0.25) is 15.9 Å². The Bertz CT molecular complexity index is 718. The minimum Gasteiger partial charge on any atom is -0.486 e. The van der Waals surface area contributed by atoms with Gasteiger partial charge in [-0.1, -0.05) is 33.6 Å². The highest BCUT2D eigenvalue weighted by atomic mass is 32.2. The first-order valence-electron chi connectivity index (χ1n) is 9.05. The molecule has 0 bridgehead atoms. The van der Waals surface area contributed by atoms with Gasteiger partial charge in [0.05, 0.1) is 4.90 Å². The molecule has 2 rings (SSSR count). The number of rotatable bonds is 9. The molecule has 1 amide bonds. The Morgan fingerprint density at radius 2 is 1.85 bits per heavy atom. The van der Waals surface area contributed by atoms with Crippen molar-refractivity contribution in [3.63, 3.8) is 0 Å². The SMILES string of the molecule is CCCCCNC(=O)[C@@H](NS(=O)(=O)c1ccc2c(c1)OCCO2)C(C)C. The minimum atomic E-state index is -3.86. The van der Waals surface area contributed by atoms with Crippen molar-refractivity contribution in [2.45, 2.75) is 51.0 Å². The summed E-state index contributed by atoms with van der Waals surface area (Å²) < 4.78 is 38.8. The number of carbonyl (C=O) groups excluding carboxylic acids is 1. The van der Waals surface area contributed by atoms with Crippen molar-refractivity contribution < 1.29 is 22.7 Å². The molecule has 0 fully saturated rings. The Balaban J connectivity index is 2.10. The third-order valence-corrected chi connectivity index (χ3v) is 5.57. The Morgan fingerprint density at radius 3 is 2.50 bits per heavy atom. The molecular weight excluding hydrogens is 356 g/mol. The summed E-state index contributed by atoms with van der Waals surface area (Å²) in [5.74, 6) is 0.416. The number of carbonyl (C=O) groups is 1. The molecule has 0 unspecified atom stereocenters. The van der Waals surface area contributed by atoms with Crippen LogP contribution in [-0.2, 0) is 14.8 Å². The molecule has 0 radical (unpaired) electrons. The monoisotopic (exact) mass is 384 g/mol. The van der Waals surface area contributed by atoms with Crippen LogP contribution < -0.4 is 19.5 Å². The summed E-state index contributed by atoms with van der Waals surface area (Å²) in [4.78, 5) is 12.5. The summed E-state index contributed by atoms with van der Waals surface area (Å²) in [6.45, 7) is 7.05. The quantitative estimate of drug-likeness (QED) is 0.636. The van der Waals surface area contributed by atoms with Gasteiger partial charge in [-0.05, 0) is 24.5 Å². The fourth-order valence-corrected chi connectivity index (χ4v) is 3.97. The van der Waals surface area contributed by atoms with Crippen LogP contribution in [-0.4, -0.2) is 40.1 Å². The van der Waals surface area contributed by atoms with Crippen molar-refractivity contribution >= 4 is 15.9 Å². The van der Waals surface area contributed by atoms with Gasteiger partial charge in [0.15, 0.2) is 11.5 Å². The van der Waals surface area contributed by atoms with E-state index >= 15 is 0 Å². The van der Waals surface area contributed by atoms with Crippen LogP contribution >= 0.6 is 0 Å². The van der Waals surface area contributed by atoms with Gasteiger partial charge in [0.1, 0.15) is 19.3 Å². The molecule has 0 saturated carbocycles. The van der Waals surface area contributed by atoms with Crippen LogP contribution in [0.3, 0.4) is 0 Å². The number of nitrogens with one attached hydrogen (secondary N) is 2. The van der Waals surface area contributed by atoms with Gasteiger partial charge in [-0.25, -0.2) is 8.42 Å². The van der Waals surface area contributed by atoms with Crippen LogP contribution in [0.15, 0.2) is 23.1 Å². The Labute approximate surface area is 155 Å². The predicted octanol–water partition coefficient (Wildman–Crippen LogP) is 2.07. The van der Waals surface area contributed by atoms with Gasteiger partial charge in [-0.15, -0.1) is 0 Å². The second kappa shape index (κ2) is 9.23. The molecule has 1 heterocycles. The topological polar surface area (TPSA) is 93.7 Å². The zero-order valence-corrected chi connectivity index (χ0v) is 16.4. The summed E-state index contributed by atoms with van der Waals surface area (Å²) in [6.07, 6.45) is 2.96. The van der Waals surface area contributed by atoms with Crippen LogP contribution in [0.25, 0.3) is 0 Å². The van der Waals surface area contributed by atoms with Gasteiger partial charge in [0.25, 0.3) is 0 Å². The molecular formula is C18H28N2O5S. The molecule has 146 valence electrons. The molecule has 2 N–H and O–H groups in total. The smallest absolute Gasteiger partial charge is 0.241 e. The molecule has 1 aromatic rings. The lowest BCUT2D eigenvalue weighted by molar-refractivity contribution is -0.123. The van der Waals surface area contributed by atoms with E-state index in [0.717, 1.165) is 19.3 Å². The fraction of sp³-hybridized carbons (Fsp3) is 0.611. The summed E-state index contributed by atoms with van der Waals surface area (Å²) in [6, 6.07) is 3.60. The lowest BCUT2D eigenvalue weighted by Gasteiger charge is -2.23. The van der Waals surface area contributed by atoms with Crippen molar-refractivity contribution in [2.75, 3.05) is 19.8 Å². The summed E-state index contributed by atoms with van der Waals surface area (Å²) in [7, 11) is -3.86. The number of hydrogen-bond donors (Lipinski definition) is 2. The van der Waals surface area contributed by atoms with E-state index in [4.69, 9.17) is 9.47 Å². The highest BCUT2D eigenvalue weighted by Crippen LogP contribution is 2.32. The zero-order valence-electron chi connectivity index (χ0n) is 15.6. The highest BCUT2D eigenvalue weighted by molar-refractivity contribution is 7.89. The van der Waals surface area contributed by atoms with Gasteiger partial charge in [-0.3, -0.25) is 4.79 Å². The van der Waals surface area contributed by atoms with E-state index < -0.39 is 16.1 Å². The standard InChI is InChI=1S/C18H28N2O5S/c1-4-5-6-9-19-18(21)17(13(2)3)20-26(22,23)14-7-8-15-16(12-14)25-11-10-24-15/h7-8,12-13,17,20H,4-6,9-11H2,1-3H3,(H,19,21)/t17-/m0/s1. The van der Waals surface area contributed by atoms with Crippen molar-refractivity contribution in [3.8, 4) is 11.5 Å². The lowest BCUT2D eigenvalue weighted by atomic mass is 10.1. The third-order valence-electron chi connectivity index (χ3n) is 4.13. The van der Waals surface area contributed by atoms with Crippen molar-refractivity contribution in [1.29, 1.82) is 0 Å². The van der Waals surface area contributed by atoms with E-state index in [9.17, 15) is 13.2 Å². The second-order valence-corrected chi connectivity index (χ2v) is 8.36. The Hall–Kier alpha value is -1.80. The molecule has 0 saturated heterocycles. The summed E-state index contributed by atoms with van der Waals surface area (Å²) in [5, 5.41) is 2.81. The number of sulfonamides is 1. The van der Waals surface area contributed by atoms with E-state index in [1.807, 2.05) is 13.8 Å². The fourth-order valence-electron chi connectivity index (χ4n) is 2.61. The molecule has 1 aromatic carbocycles. The molecule has 26 heavy (non-hydrogen) atoms. The van der Waals surface area contributed by atoms with E-state index in [1.165, 1.54) is 12.1 Å². The summed E-state index contributed by atoms with van der Waals surface area (Å²) >= 11 is 0. The maximum Gasteiger partial charge on any atom is 0.241 e. The van der Waals surface area contributed by atoms with E-state index in [-0.39, 0.29) is 16.7 Å². The predicted molar refractivity (Wildman–Crippen MR) is 98.9 cm³/mol. The van der Waals surface area contributed by atoms with Crippen molar-refractivity contribution in [2.24, 2.45) is 5.92 Å². The van der Waals surface area contributed by atoms with E-state index in [0.29, 0.717) is 31.3 Å². The molecule has 1 atom stereocenters. The largest absolute Gasteiger partial charge is 0.486 e. The van der Waals surface area contributed by atoms with Gasteiger partial charge < -0.3 is 14.8 Å². The number of benzene rings is 1. The number of hydrogen-bond acceptors (Lipinski definition) is 5. The van der Waals surface area contributed by atoms with Crippen LogP contribution in [0, 0.1) is 5.92 Å². The molecule has 0 aliphatic carbocycles. The Kier molecular flexibility index (Phi) is 7.28. The first-order valence-corrected chi connectivity index (χ1v) is 10.5. The highest BCUT2D eigenvalue weighted by Gasteiger charge is 2.29. The molecule has 7 nitrogen and oxygen atoms in total. The second-order valence-electron chi connectivity index (χ2n) is 6.65. The van der Waals surface area contributed by atoms with E-state index in [2.05, 4.69) is 17.0 Å². The van der Waals surface area contributed by atoms with Crippen LogP contribution in [0.4, 0.5) is 0 Å². The minimum absolute atomic E-state index is 0.0474. The first kappa shape index (κ1) is 20.5. The Morgan fingerprint density at radius 1 is 1.15 bits per heavy atom. The maximum absolute atomic E-state index is 12.7. The first-order chi connectivity index (χ1) is 12.3. The number of amides is 1. The zero-order chi connectivity index (χ0) is 19.2. The average molecular weight is 384 g/mol. The maximum atomic E-state index is 12.7. The third kappa shape index (κ3) is 5.35. The average Bonchev–Trinajstić information content (AvgIpc) is 2.62. The lowest BCUT2D eigenvalue weighted by Crippen LogP contribution is -2.49. The molecule has 8 heteroatoms. The van der Waals surface area contributed by atoms with Crippen LogP contribution in [0.1, 0.15) is 40.0 Å². The number of unbranched alkanes of at least 4 members (excludes halogenated alkanes) is 2. The van der Waals surface area contributed by atoms with Crippen molar-refractivity contribution in [1.82, 2.24) is 10.0 Å². The normalized spacial score (nSPS) is 14.9. The molecule has 1 aliphatic rings. The van der Waals surface area contributed by atoms with E-state index in [1.54, 1.807) is 6.07 Å². The molecule has 0 spiro atoms. The summed E-state index contributed by atoms with van der Waals surface area (Å²) in [5.41, 5.74) is 0. The van der Waals surface area contributed by atoms with Gasteiger partial charge in [-0.2, -0.15) is 4.72 Å².